The van der Waals surface area contributed by atoms with Gasteiger partial charge in [-0.05, 0) is 38.2 Å². The van der Waals surface area contributed by atoms with E-state index in [0.717, 1.165) is 52.6 Å². The molecule has 1 amide bonds. The second-order valence-electron chi connectivity index (χ2n) is 6.42. The third-order valence-corrected chi connectivity index (χ3v) is 5.93. The third-order valence-electron chi connectivity index (χ3n) is 4.74. The Kier molecular flexibility index (Phi) is 4.52. The van der Waals surface area contributed by atoms with Gasteiger partial charge in [-0.15, -0.1) is 11.3 Å². The smallest absolute Gasteiger partial charge is 0.264 e. The van der Waals surface area contributed by atoms with E-state index in [4.69, 9.17) is 0 Å². The highest BCUT2D eigenvalue weighted by molar-refractivity contribution is 7.20. The SMILES string of the molecule is CCC[C@@H]1CCCN(C(=O)c2cc3c(C)nn(C)c3s2)CC1. The molecule has 5 heteroatoms. The maximum atomic E-state index is 12.8. The van der Waals surface area contributed by atoms with E-state index < -0.39 is 0 Å². The van der Waals surface area contributed by atoms with Crippen LogP contribution in [0.3, 0.4) is 0 Å². The van der Waals surface area contributed by atoms with Gasteiger partial charge in [-0.3, -0.25) is 9.48 Å². The molecule has 0 bridgehead atoms. The number of thiophene rings is 1. The van der Waals surface area contributed by atoms with Crippen LogP contribution in [0.2, 0.25) is 0 Å². The summed E-state index contributed by atoms with van der Waals surface area (Å²) in [5.41, 5.74) is 1.01. The molecule has 3 rings (SSSR count). The fraction of sp³-hybridized carbons (Fsp3) is 0.647. The Balaban J connectivity index is 1.76. The van der Waals surface area contributed by atoms with Crippen LogP contribution in [0.5, 0.6) is 0 Å². The number of aromatic nitrogens is 2. The van der Waals surface area contributed by atoms with Crippen molar-refractivity contribution < 1.29 is 4.79 Å². The van der Waals surface area contributed by atoms with Crippen LogP contribution in [0.4, 0.5) is 0 Å². The molecule has 1 atom stereocenters. The van der Waals surface area contributed by atoms with Gasteiger partial charge in [0.2, 0.25) is 0 Å². The van der Waals surface area contributed by atoms with Gasteiger partial charge < -0.3 is 4.90 Å². The van der Waals surface area contributed by atoms with Gasteiger partial charge in [-0.25, -0.2) is 0 Å². The minimum absolute atomic E-state index is 0.206. The molecule has 0 aromatic carbocycles. The summed E-state index contributed by atoms with van der Waals surface area (Å²) in [7, 11) is 1.95. The average Bonchev–Trinajstić information content (AvgIpc) is 2.94. The molecule has 1 saturated heterocycles. The summed E-state index contributed by atoms with van der Waals surface area (Å²) >= 11 is 1.57. The maximum absolute atomic E-state index is 12.8. The van der Waals surface area contributed by atoms with Gasteiger partial charge in [-0.2, -0.15) is 5.10 Å². The lowest BCUT2D eigenvalue weighted by Crippen LogP contribution is -2.31. The Morgan fingerprint density at radius 1 is 1.41 bits per heavy atom. The Labute approximate surface area is 136 Å². The van der Waals surface area contributed by atoms with Crippen molar-refractivity contribution >= 4 is 27.5 Å². The Morgan fingerprint density at radius 3 is 2.95 bits per heavy atom. The van der Waals surface area contributed by atoms with Crippen LogP contribution >= 0.6 is 11.3 Å². The van der Waals surface area contributed by atoms with E-state index in [9.17, 15) is 4.79 Å². The van der Waals surface area contributed by atoms with E-state index in [0.29, 0.717) is 0 Å². The van der Waals surface area contributed by atoms with Crippen molar-refractivity contribution in [3.8, 4) is 0 Å². The number of likely N-dealkylation sites (tertiary alicyclic amines) is 1. The zero-order valence-corrected chi connectivity index (χ0v) is 14.6. The monoisotopic (exact) mass is 319 g/mol. The molecule has 1 aliphatic rings. The van der Waals surface area contributed by atoms with Crippen molar-refractivity contribution in [2.24, 2.45) is 13.0 Å². The first-order valence-electron chi connectivity index (χ1n) is 8.32. The average molecular weight is 319 g/mol. The van der Waals surface area contributed by atoms with E-state index in [1.807, 2.05) is 24.7 Å². The summed E-state index contributed by atoms with van der Waals surface area (Å²) < 4.78 is 1.88. The summed E-state index contributed by atoms with van der Waals surface area (Å²) in [5, 5.41) is 5.53. The predicted molar refractivity (Wildman–Crippen MR) is 91.5 cm³/mol. The van der Waals surface area contributed by atoms with Gasteiger partial charge in [0.25, 0.3) is 5.91 Å². The molecule has 1 aliphatic heterocycles. The van der Waals surface area contributed by atoms with Crippen LogP contribution in [0.25, 0.3) is 10.2 Å². The summed E-state index contributed by atoms with van der Waals surface area (Å²) in [6.45, 7) is 6.07. The van der Waals surface area contributed by atoms with Gasteiger partial charge in [0, 0.05) is 25.5 Å². The zero-order valence-electron chi connectivity index (χ0n) is 13.8. The number of carbonyl (C=O) groups excluding carboxylic acids is 1. The lowest BCUT2D eigenvalue weighted by molar-refractivity contribution is 0.0765. The van der Waals surface area contributed by atoms with Crippen molar-refractivity contribution in [1.29, 1.82) is 0 Å². The molecule has 3 heterocycles. The van der Waals surface area contributed by atoms with Crippen LogP contribution in [0, 0.1) is 12.8 Å². The van der Waals surface area contributed by atoms with Crippen LogP contribution < -0.4 is 0 Å². The van der Waals surface area contributed by atoms with Gasteiger partial charge in [0.15, 0.2) is 0 Å². The fourth-order valence-electron chi connectivity index (χ4n) is 3.53. The fourth-order valence-corrected chi connectivity index (χ4v) is 4.62. The minimum atomic E-state index is 0.206. The highest BCUT2D eigenvalue weighted by Gasteiger charge is 2.23. The topological polar surface area (TPSA) is 38.1 Å². The van der Waals surface area contributed by atoms with Crippen LogP contribution in [-0.4, -0.2) is 33.7 Å². The van der Waals surface area contributed by atoms with Gasteiger partial charge >= 0.3 is 0 Å². The number of carbonyl (C=O) groups is 1. The summed E-state index contributed by atoms with van der Waals surface area (Å²) in [6.07, 6.45) is 6.12. The molecule has 120 valence electrons. The molecule has 22 heavy (non-hydrogen) atoms. The molecule has 4 nitrogen and oxygen atoms in total. The van der Waals surface area contributed by atoms with Crippen LogP contribution in [0.1, 0.15) is 54.4 Å². The minimum Gasteiger partial charge on any atom is -0.338 e. The first kappa shape index (κ1) is 15.5. The van der Waals surface area contributed by atoms with Crippen molar-refractivity contribution in [2.75, 3.05) is 13.1 Å². The molecule has 0 unspecified atom stereocenters. The number of amides is 1. The normalized spacial score (nSPS) is 19.6. The molecule has 0 radical (unpaired) electrons. The highest BCUT2D eigenvalue weighted by Crippen LogP contribution is 2.30. The third kappa shape index (κ3) is 2.91. The molecule has 0 aliphatic carbocycles. The molecule has 2 aromatic heterocycles. The molecule has 0 spiro atoms. The van der Waals surface area contributed by atoms with E-state index in [1.165, 1.54) is 19.3 Å². The van der Waals surface area contributed by atoms with Gasteiger partial charge in [0.05, 0.1) is 10.6 Å². The second-order valence-corrected chi connectivity index (χ2v) is 7.45. The molecule has 0 saturated carbocycles. The molecular formula is C17H25N3OS. The quantitative estimate of drug-likeness (QED) is 0.858. The van der Waals surface area contributed by atoms with Gasteiger partial charge in [0.1, 0.15) is 4.83 Å². The lowest BCUT2D eigenvalue weighted by Gasteiger charge is -2.19. The van der Waals surface area contributed by atoms with Crippen molar-refractivity contribution in [1.82, 2.24) is 14.7 Å². The second kappa shape index (κ2) is 6.41. The number of hydrogen-bond donors (Lipinski definition) is 0. The van der Waals surface area contributed by atoms with E-state index >= 15 is 0 Å². The Morgan fingerprint density at radius 2 is 2.23 bits per heavy atom. The number of hydrogen-bond acceptors (Lipinski definition) is 3. The van der Waals surface area contributed by atoms with E-state index in [-0.39, 0.29) is 5.91 Å². The molecule has 0 N–H and O–H groups in total. The maximum Gasteiger partial charge on any atom is 0.264 e. The van der Waals surface area contributed by atoms with Crippen molar-refractivity contribution in [2.45, 2.75) is 46.0 Å². The molecule has 2 aromatic rings. The van der Waals surface area contributed by atoms with Crippen molar-refractivity contribution in [3.05, 3.63) is 16.6 Å². The highest BCUT2D eigenvalue weighted by atomic mass is 32.1. The van der Waals surface area contributed by atoms with Gasteiger partial charge in [-0.1, -0.05) is 19.8 Å². The predicted octanol–water partition coefficient (Wildman–Crippen LogP) is 3.99. The van der Waals surface area contributed by atoms with E-state index in [2.05, 4.69) is 16.9 Å². The van der Waals surface area contributed by atoms with Crippen molar-refractivity contribution in [3.63, 3.8) is 0 Å². The number of aryl methyl sites for hydroxylation is 2. The molecular weight excluding hydrogens is 294 g/mol. The Bertz CT molecular complexity index is 638. The standard InChI is InChI=1S/C17H25N3OS/c1-4-6-13-7-5-9-20(10-8-13)16(21)15-11-14-12(2)18-19(3)17(14)22-15/h11,13H,4-10H2,1-3H3/t13-/m1/s1. The largest absolute Gasteiger partial charge is 0.338 e. The number of rotatable bonds is 3. The summed E-state index contributed by atoms with van der Waals surface area (Å²) in [4.78, 5) is 16.8. The summed E-state index contributed by atoms with van der Waals surface area (Å²) in [5.74, 6) is 1.01. The lowest BCUT2D eigenvalue weighted by atomic mass is 9.96. The van der Waals surface area contributed by atoms with Crippen LogP contribution in [-0.2, 0) is 7.05 Å². The zero-order chi connectivity index (χ0) is 15.7. The first-order valence-corrected chi connectivity index (χ1v) is 9.14. The summed E-state index contributed by atoms with van der Waals surface area (Å²) in [6, 6.07) is 2.03. The first-order chi connectivity index (χ1) is 10.6. The Hall–Kier alpha value is -1.36. The number of nitrogens with zero attached hydrogens (tertiary/aromatic N) is 3. The number of fused-ring (bicyclic) bond motifs is 1. The molecule has 1 fully saturated rings. The van der Waals surface area contributed by atoms with E-state index in [1.54, 1.807) is 11.3 Å². The van der Waals surface area contributed by atoms with Crippen LogP contribution in [0.15, 0.2) is 6.07 Å².